The molecule has 3 unspecified atom stereocenters. The molecule has 1 N–H and O–H groups in total. The first-order chi connectivity index (χ1) is 31.3. The van der Waals surface area contributed by atoms with Crippen molar-refractivity contribution in [3.8, 4) is 0 Å². The van der Waals surface area contributed by atoms with E-state index in [0.29, 0.717) is 69.0 Å². The number of pyridine rings is 1. The Hall–Kier alpha value is -5.80. The number of benzene rings is 2. The Morgan fingerprint density at radius 2 is 1.46 bits per heavy atom. The molecule has 5 heterocycles. The van der Waals surface area contributed by atoms with Crippen LogP contribution in [0.3, 0.4) is 0 Å². The minimum absolute atomic E-state index is 0.0245. The van der Waals surface area contributed by atoms with Crippen LogP contribution < -0.4 is 10.9 Å². The molecule has 4 aromatic rings. The maximum absolute atomic E-state index is 14.6. The van der Waals surface area contributed by atoms with E-state index in [2.05, 4.69) is 40.4 Å². The van der Waals surface area contributed by atoms with Gasteiger partial charge < -0.3 is 29.5 Å². The smallest absolute Gasteiger partial charge is 0.318 e. The second-order valence-electron chi connectivity index (χ2n) is 18.3. The summed E-state index contributed by atoms with van der Waals surface area (Å²) in [5.41, 5.74) is 3.64. The number of ether oxygens (including phenoxy) is 2. The number of hydrogen-bond acceptors (Lipinski definition) is 10. The maximum atomic E-state index is 14.6. The summed E-state index contributed by atoms with van der Waals surface area (Å²) in [6.07, 6.45) is 9.83. The van der Waals surface area contributed by atoms with Crippen molar-refractivity contribution < 1.29 is 28.7 Å². The van der Waals surface area contributed by atoms with Gasteiger partial charge in [0.25, 0.3) is 5.56 Å². The summed E-state index contributed by atoms with van der Waals surface area (Å²) in [6, 6.07) is 12.9. The Balaban J connectivity index is 1.05. The van der Waals surface area contributed by atoms with Gasteiger partial charge in [0.2, 0.25) is 5.91 Å². The van der Waals surface area contributed by atoms with Crippen molar-refractivity contribution in [2.45, 2.75) is 97.2 Å². The maximum Gasteiger partial charge on any atom is 0.318 e. The van der Waals surface area contributed by atoms with E-state index in [1.165, 1.54) is 4.57 Å². The molecule has 0 radical (unpaired) electrons. The van der Waals surface area contributed by atoms with Crippen LogP contribution >= 0.6 is 0 Å². The van der Waals surface area contributed by atoms with E-state index in [9.17, 15) is 24.0 Å². The minimum Gasteiger partial charge on any atom is -0.444 e. The van der Waals surface area contributed by atoms with Crippen LogP contribution in [0.5, 0.6) is 0 Å². The lowest BCUT2D eigenvalue weighted by atomic mass is 9.89. The molecule has 2 aromatic heterocycles. The van der Waals surface area contributed by atoms with E-state index in [4.69, 9.17) is 9.47 Å². The number of carbonyl (C=O) groups is 4. The number of fused-ring (bicyclic) bond motifs is 2. The highest BCUT2D eigenvalue weighted by atomic mass is 16.5. The number of nitrogens with one attached hydrogen (secondary N) is 1. The van der Waals surface area contributed by atoms with Crippen LogP contribution in [0.4, 0.5) is 4.79 Å². The first-order valence-corrected chi connectivity index (χ1v) is 23.2. The lowest BCUT2D eigenvalue weighted by Gasteiger charge is -2.43. The first-order valence-electron chi connectivity index (χ1n) is 23.2. The molecule has 0 spiro atoms. The van der Waals surface area contributed by atoms with Gasteiger partial charge in [0.15, 0.2) is 13.5 Å². The summed E-state index contributed by atoms with van der Waals surface area (Å²) >= 11 is 0. The minimum atomic E-state index is -0.820. The number of piperazine rings is 1. The number of esters is 2. The third-order valence-electron chi connectivity index (χ3n) is 13.5. The lowest BCUT2D eigenvalue weighted by molar-refractivity contribution is -0.152. The fourth-order valence-electron chi connectivity index (χ4n) is 9.58. The van der Waals surface area contributed by atoms with Crippen LogP contribution in [-0.2, 0) is 43.7 Å². The van der Waals surface area contributed by atoms with Crippen molar-refractivity contribution in [3.63, 3.8) is 0 Å². The number of aryl methyl sites for hydroxylation is 1. The summed E-state index contributed by atoms with van der Waals surface area (Å²) in [4.78, 5) is 76.5. The highest BCUT2D eigenvalue weighted by molar-refractivity contribution is 5.88. The van der Waals surface area contributed by atoms with Gasteiger partial charge in [-0.25, -0.2) is 9.48 Å². The summed E-state index contributed by atoms with van der Waals surface area (Å²) < 4.78 is 14.3. The van der Waals surface area contributed by atoms with Crippen LogP contribution in [0.2, 0.25) is 0 Å². The Morgan fingerprint density at radius 1 is 0.815 bits per heavy atom. The quantitative estimate of drug-likeness (QED) is 0.108. The van der Waals surface area contributed by atoms with E-state index in [1.54, 1.807) is 35.6 Å². The zero-order valence-corrected chi connectivity index (χ0v) is 38.6. The number of carbonyl (C=O) groups excluding carboxylic acids is 4. The molecule has 3 atom stereocenters. The molecule has 65 heavy (non-hydrogen) atoms. The lowest BCUT2D eigenvalue weighted by Crippen LogP contribution is -2.59. The van der Waals surface area contributed by atoms with Gasteiger partial charge in [-0.2, -0.15) is 5.10 Å². The van der Waals surface area contributed by atoms with Crippen molar-refractivity contribution in [2.24, 2.45) is 11.8 Å². The van der Waals surface area contributed by atoms with Crippen molar-refractivity contribution in [1.29, 1.82) is 0 Å². The standard InChI is InChI=1S/C50H66N8O7/c1-7-11-34(3)48(61)64-32-57-31-40-28-37(27-36(5)45(40)52-57)29-43(47(60)55-25-23-54(24-26-55)41-17-19-53(6)20-18-41)51-50(63)56-21-15-38(16-22-56)42-30-39-13-9-10-14-44(39)58(46(42)59)33-65-49(62)35(4)12-8-2/h7-10,13-14,27-28,30-31,34-35,38,41,43H,1-2,11-12,15-26,29,32-33H2,3-6H3,(H,51,63). The van der Waals surface area contributed by atoms with Crippen LogP contribution in [0, 0.1) is 18.8 Å². The zero-order valence-electron chi connectivity index (χ0n) is 38.6. The molecule has 0 bridgehead atoms. The molecule has 2 aromatic carbocycles. The highest BCUT2D eigenvalue weighted by Crippen LogP contribution is 2.29. The molecule has 348 valence electrons. The van der Waals surface area contributed by atoms with Crippen molar-refractivity contribution in [1.82, 2.24) is 39.3 Å². The number of likely N-dealkylation sites (tertiary alicyclic amines) is 2. The van der Waals surface area contributed by atoms with Crippen LogP contribution in [-0.4, -0.2) is 129 Å². The number of piperidine rings is 2. The summed E-state index contributed by atoms with van der Waals surface area (Å²) in [7, 11) is 2.16. The first kappa shape index (κ1) is 47.2. The van der Waals surface area contributed by atoms with Gasteiger partial charge >= 0.3 is 18.0 Å². The average molecular weight is 891 g/mol. The van der Waals surface area contributed by atoms with Gasteiger partial charge in [-0.3, -0.25) is 28.6 Å². The van der Waals surface area contributed by atoms with E-state index in [0.717, 1.165) is 66.4 Å². The molecule has 3 aliphatic rings. The molecule has 3 saturated heterocycles. The predicted molar refractivity (Wildman–Crippen MR) is 251 cm³/mol. The molecule has 3 amide bonds. The molecule has 15 nitrogen and oxygen atoms in total. The SMILES string of the molecule is C=CCC(C)C(=O)OCn1cc2cc(CC(NC(=O)N3CCC(c4cc5ccccc5n(COC(=O)C(C)CC=C)c4=O)CC3)C(=O)N3CCN(C4CCN(C)CC4)CC3)cc(C)c2n1. The molecule has 7 rings (SSSR count). The van der Waals surface area contributed by atoms with Gasteiger partial charge in [0.1, 0.15) is 6.04 Å². The molecule has 15 heteroatoms. The zero-order chi connectivity index (χ0) is 46.2. The number of amides is 3. The van der Waals surface area contributed by atoms with Gasteiger partial charge in [0, 0.05) is 68.9 Å². The van der Waals surface area contributed by atoms with Crippen molar-refractivity contribution in [2.75, 3.05) is 59.4 Å². The van der Waals surface area contributed by atoms with Crippen molar-refractivity contribution >= 4 is 45.7 Å². The molecule has 3 fully saturated rings. The fraction of sp³-hybridized carbons (Fsp3) is 0.520. The van der Waals surface area contributed by atoms with Gasteiger partial charge in [0.05, 0.1) is 22.9 Å². The molecule has 3 aliphatic heterocycles. The average Bonchev–Trinajstić information content (AvgIpc) is 3.74. The predicted octanol–water partition coefficient (Wildman–Crippen LogP) is 5.82. The third kappa shape index (κ3) is 11.4. The fourth-order valence-corrected chi connectivity index (χ4v) is 9.58. The summed E-state index contributed by atoms with van der Waals surface area (Å²) in [5.74, 6) is -1.62. The van der Waals surface area contributed by atoms with Crippen molar-refractivity contribution in [3.05, 3.63) is 101 Å². The molecular weight excluding hydrogens is 825 g/mol. The summed E-state index contributed by atoms with van der Waals surface area (Å²) in [6.45, 7) is 18.5. The Kier molecular flexibility index (Phi) is 15.6. The van der Waals surface area contributed by atoms with Gasteiger partial charge in [-0.1, -0.05) is 50.3 Å². The molecule has 0 saturated carbocycles. The second kappa shape index (κ2) is 21.5. The van der Waals surface area contributed by atoms with Crippen LogP contribution in [0.15, 0.2) is 78.8 Å². The number of allylic oxidation sites excluding steroid dienone is 2. The number of para-hydroxylation sites is 1. The van der Waals surface area contributed by atoms with Crippen LogP contribution in [0.1, 0.15) is 75.0 Å². The monoisotopic (exact) mass is 891 g/mol. The van der Waals surface area contributed by atoms with E-state index >= 15 is 0 Å². The Bertz CT molecular complexity index is 2420. The summed E-state index contributed by atoms with van der Waals surface area (Å²) in [5, 5.41) is 9.54. The second-order valence-corrected chi connectivity index (χ2v) is 18.3. The third-order valence-corrected chi connectivity index (χ3v) is 13.5. The Morgan fingerprint density at radius 3 is 2.12 bits per heavy atom. The molecule has 0 aliphatic carbocycles. The number of aromatic nitrogens is 3. The van der Waals surface area contributed by atoms with Crippen LogP contribution in [0.25, 0.3) is 21.8 Å². The topological polar surface area (TPSA) is 152 Å². The number of nitrogens with zero attached hydrogens (tertiary/aromatic N) is 7. The normalized spacial score (nSPS) is 18.3. The number of rotatable bonds is 16. The Labute approximate surface area is 382 Å². The largest absolute Gasteiger partial charge is 0.444 e. The number of urea groups is 1. The van der Waals surface area contributed by atoms with E-state index < -0.39 is 12.0 Å². The number of hydrogen-bond donors (Lipinski definition) is 1. The van der Waals surface area contributed by atoms with Gasteiger partial charge in [-0.05, 0) is 106 Å². The highest BCUT2D eigenvalue weighted by Gasteiger charge is 2.34. The van der Waals surface area contributed by atoms with E-state index in [-0.39, 0.29) is 61.1 Å². The van der Waals surface area contributed by atoms with E-state index in [1.807, 2.05) is 60.5 Å². The molecular formula is C50H66N8O7. The van der Waals surface area contributed by atoms with Gasteiger partial charge in [-0.15, -0.1) is 13.2 Å².